The number of methoxy groups -OCH3 is 2. The van der Waals surface area contributed by atoms with E-state index in [2.05, 4.69) is 10.6 Å². The number of carbonyl (C=O) groups excluding carboxylic acids is 4. The third-order valence-corrected chi connectivity index (χ3v) is 10.3. The second kappa shape index (κ2) is 15.5. The number of carbonyl (C=O) groups is 4. The summed E-state index contributed by atoms with van der Waals surface area (Å²) in [6.07, 6.45) is 15.2. The molecule has 0 spiro atoms. The maximum atomic E-state index is 12.7. The third-order valence-electron chi connectivity index (χ3n) is 7.94. The molecule has 41 heavy (non-hydrogen) atoms. The van der Waals surface area contributed by atoms with Crippen molar-refractivity contribution in [1.82, 2.24) is 0 Å². The molecular formula is C31H42N2O6S2. The van der Waals surface area contributed by atoms with Crippen LogP contribution in [0.25, 0.3) is 0 Å². The second-order valence-corrected chi connectivity index (χ2v) is 13.1. The van der Waals surface area contributed by atoms with Crippen LogP contribution in [0.15, 0.2) is 0 Å². The zero-order valence-corrected chi connectivity index (χ0v) is 25.9. The Balaban J connectivity index is 1.17. The molecule has 4 rings (SSSR count). The Labute approximate surface area is 250 Å². The molecule has 8 nitrogen and oxygen atoms in total. The predicted molar refractivity (Wildman–Crippen MR) is 163 cm³/mol. The summed E-state index contributed by atoms with van der Waals surface area (Å²) in [5.74, 6) is -0.915. The number of amides is 2. The fraction of sp³-hybridized carbons (Fsp3) is 0.613. The summed E-state index contributed by atoms with van der Waals surface area (Å²) >= 11 is 3.03. The number of nitrogens with one attached hydrogen (secondary N) is 2. The molecule has 0 bridgehead atoms. The molecule has 2 aromatic heterocycles. The summed E-state index contributed by atoms with van der Waals surface area (Å²) in [5.41, 5.74) is 3.18. The van der Waals surface area contributed by atoms with Crippen LogP contribution in [-0.4, -0.2) is 38.0 Å². The monoisotopic (exact) mass is 602 g/mol. The molecule has 0 saturated carbocycles. The lowest BCUT2D eigenvalue weighted by Gasteiger charge is -2.08. The minimum atomic E-state index is -0.376. The largest absolute Gasteiger partial charge is 0.465 e. The molecule has 2 N–H and O–H groups in total. The first-order valence-corrected chi connectivity index (χ1v) is 16.6. The maximum Gasteiger partial charge on any atom is 0.341 e. The zero-order valence-electron chi connectivity index (χ0n) is 24.3. The van der Waals surface area contributed by atoms with Crippen LogP contribution in [-0.2, 0) is 44.7 Å². The first-order chi connectivity index (χ1) is 19.9. The Morgan fingerprint density at radius 2 is 0.976 bits per heavy atom. The van der Waals surface area contributed by atoms with E-state index < -0.39 is 0 Å². The van der Waals surface area contributed by atoms with Crippen molar-refractivity contribution >= 4 is 56.4 Å². The number of anilines is 2. The van der Waals surface area contributed by atoms with E-state index in [1.54, 1.807) is 0 Å². The molecule has 0 saturated heterocycles. The van der Waals surface area contributed by atoms with Gasteiger partial charge in [-0.05, 0) is 75.3 Å². The number of unbranched alkanes of at least 4 members (excludes halogenated alkanes) is 4. The Bertz CT molecular complexity index is 1150. The number of hydrogen-bond donors (Lipinski definition) is 2. The number of fused-ring (bicyclic) bond motifs is 2. The van der Waals surface area contributed by atoms with Crippen molar-refractivity contribution in [3.8, 4) is 0 Å². The van der Waals surface area contributed by atoms with E-state index in [0.29, 0.717) is 34.0 Å². The molecule has 0 aromatic carbocycles. The van der Waals surface area contributed by atoms with Gasteiger partial charge >= 0.3 is 11.9 Å². The number of rotatable bonds is 12. The smallest absolute Gasteiger partial charge is 0.341 e. The topological polar surface area (TPSA) is 111 Å². The first kappa shape index (κ1) is 31.2. The third kappa shape index (κ3) is 8.19. The van der Waals surface area contributed by atoms with Crippen LogP contribution < -0.4 is 10.6 Å². The lowest BCUT2D eigenvalue weighted by Crippen LogP contribution is -2.14. The van der Waals surface area contributed by atoms with Crippen molar-refractivity contribution in [1.29, 1.82) is 0 Å². The van der Waals surface area contributed by atoms with Crippen LogP contribution in [0.1, 0.15) is 125 Å². The molecule has 10 heteroatoms. The number of hydrogen-bond acceptors (Lipinski definition) is 8. The van der Waals surface area contributed by atoms with Gasteiger partial charge in [0.2, 0.25) is 11.8 Å². The quantitative estimate of drug-likeness (QED) is 0.151. The molecule has 2 aromatic rings. The molecule has 0 radical (unpaired) electrons. The van der Waals surface area contributed by atoms with Gasteiger partial charge in [-0.25, -0.2) is 9.59 Å². The summed E-state index contributed by atoms with van der Waals surface area (Å²) in [7, 11) is 2.77. The van der Waals surface area contributed by atoms with Crippen LogP contribution in [0.2, 0.25) is 0 Å². The van der Waals surface area contributed by atoms with Gasteiger partial charge in [0.05, 0.1) is 25.3 Å². The minimum Gasteiger partial charge on any atom is -0.465 e. The summed E-state index contributed by atoms with van der Waals surface area (Å²) in [5, 5.41) is 7.20. The minimum absolute atomic E-state index is 0.0818. The van der Waals surface area contributed by atoms with Gasteiger partial charge in [-0.1, -0.05) is 32.1 Å². The lowest BCUT2D eigenvalue weighted by atomic mass is 10.1. The molecule has 224 valence electrons. The molecule has 2 amide bonds. The number of esters is 2. The SMILES string of the molecule is COC(=O)c1c(NC(=O)CCCCCCCC(=O)Nc2sc3c(c2C(=O)OC)CCCCC3)sc2c1CCCCC2. The highest BCUT2D eigenvalue weighted by atomic mass is 32.1. The van der Waals surface area contributed by atoms with E-state index in [4.69, 9.17) is 9.47 Å². The fourth-order valence-electron chi connectivity index (χ4n) is 5.78. The van der Waals surface area contributed by atoms with E-state index in [0.717, 1.165) is 107 Å². The Kier molecular flexibility index (Phi) is 11.8. The van der Waals surface area contributed by atoms with Crippen LogP contribution in [0.3, 0.4) is 0 Å². The van der Waals surface area contributed by atoms with Crippen LogP contribution in [0.4, 0.5) is 10.0 Å². The summed E-state index contributed by atoms with van der Waals surface area (Å²) in [4.78, 5) is 52.6. The Morgan fingerprint density at radius 1 is 0.585 bits per heavy atom. The van der Waals surface area contributed by atoms with Gasteiger partial charge in [0.15, 0.2) is 0 Å². The fourth-order valence-corrected chi connectivity index (χ4v) is 8.36. The second-order valence-electron chi connectivity index (χ2n) is 10.9. The highest BCUT2D eigenvalue weighted by Gasteiger charge is 2.27. The summed E-state index contributed by atoms with van der Waals surface area (Å²) in [6.45, 7) is 0. The van der Waals surface area contributed by atoms with Crippen molar-refractivity contribution in [3.05, 3.63) is 32.0 Å². The molecule has 0 atom stereocenters. The molecule has 0 unspecified atom stereocenters. The van der Waals surface area contributed by atoms with E-state index in [1.807, 2.05) is 0 Å². The summed E-state index contributed by atoms with van der Waals surface area (Å²) < 4.78 is 10.0. The van der Waals surface area contributed by atoms with Crippen LogP contribution in [0.5, 0.6) is 0 Å². The molecule has 0 aliphatic heterocycles. The van der Waals surface area contributed by atoms with Gasteiger partial charge in [-0.2, -0.15) is 0 Å². The van der Waals surface area contributed by atoms with E-state index >= 15 is 0 Å². The normalized spacial score (nSPS) is 14.7. The van der Waals surface area contributed by atoms with Crippen LogP contribution in [0, 0.1) is 0 Å². The number of aryl methyl sites for hydroxylation is 2. The Morgan fingerprint density at radius 3 is 1.39 bits per heavy atom. The van der Waals surface area contributed by atoms with Crippen molar-refractivity contribution in [3.63, 3.8) is 0 Å². The maximum absolute atomic E-state index is 12.7. The van der Waals surface area contributed by atoms with Crippen molar-refractivity contribution in [2.45, 2.75) is 109 Å². The summed E-state index contributed by atoms with van der Waals surface area (Å²) in [6, 6.07) is 0. The predicted octanol–water partition coefficient (Wildman–Crippen LogP) is 7.23. The standard InChI is InChI=1S/C31H42N2O6S2/c1-38-30(36)26-20-14-8-6-10-16-22(20)40-28(26)32-24(34)18-12-4-3-5-13-19-25(35)33-29-27(31(37)39-2)21-15-9-7-11-17-23(21)41-29/h3-19H2,1-2H3,(H,32,34)(H,33,35). The van der Waals surface area contributed by atoms with Gasteiger partial charge in [0.1, 0.15) is 10.0 Å². The lowest BCUT2D eigenvalue weighted by molar-refractivity contribution is -0.117. The molecular weight excluding hydrogens is 560 g/mol. The van der Waals surface area contributed by atoms with Gasteiger partial charge in [-0.15, -0.1) is 22.7 Å². The molecule has 0 fully saturated rings. The van der Waals surface area contributed by atoms with Gasteiger partial charge in [-0.3, -0.25) is 9.59 Å². The molecule has 2 heterocycles. The number of thiophene rings is 2. The van der Waals surface area contributed by atoms with Crippen molar-refractivity contribution in [2.24, 2.45) is 0 Å². The van der Waals surface area contributed by atoms with Crippen molar-refractivity contribution < 1.29 is 28.7 Å². The van der Waals surface area contributed by atoms with Gasteiger partial charge in [0, 0.05) is 22.6 Å². The van der Waals surface area contributed by atoms with E-state index in [9.17, 15) is 19.2 Å². The average molecular weight is 603 g/mol. The van der Waals surface area contributed by atoms with E-state index in [1.165, 1.54) is 46.6 Å². The Hall–Kier alpha value is -2.72. The van der Waals surface area contributed by atoms with Crippen LogP contribution >= 0.6 is 22.7 Å². The highest BCUT2D eigenvalue weighted by molar-refractivity contribution is 7.17. The number of ether oxygens (including phenoxy) is 2. The first-order valence-electron chi connectivity index (χ1n) is 15.0. The highest BCUT2D eigenvalue weighted by Crippen LogP contribution is 2.39. The van der Waals surface area contributed by atoms with Gasteiger partial charge < -0.3 is 20.1 Å². The zero-order chi connectivity index (χ0) is 29.2. The van der Waals surface area contributed by atoms with Crippen molar-refractivity contribution in [2.75, 3.05) is 24.9 Å². The van der Waals surface area contributed by atoms with E-state index in [-0.39, 0.29) is 23.8 Å². The molecule has 2 aliphatic carbocycles. The average Bonchev–Trinajstić information content (AvgIpc) is 3.24. The van der Waals surface area contributed by atoms with Gasteiger partial charge in [0.25, 0.3) is 0 Å². The molecule has 2 aliphatic rings.